The van der Waals surface area contributed by atoms with Crippen LogP contribution in [0.4, 0.5) is 0 Å². The van der Waals surface area contributed by atoms with Gasteiger partial charge in [-0.3, -0.25) is 4.79 Å². The van der Waals surface area contributed by atoms with Gasteiger partial charge in [-0.15, -0.1) is 0 Å². The Balaban J connectivity index is 1.36. The number of amides is 1. The van der Waals surface area contributed by atoms with Crippen LogP contribution in [0.3, 0.4) is 0 Å². The van der Waals surface area contributed by atoms with Gasteiger partial charge in [0.25, 0.3) is 5.91 Å². The first kappa shape index (κ1) is 30.4. The van der Waals surface area contributed by atoms with Crippen molar-refractivity contribution in [2.45, 2.75) is 25.3 Å². The Labute approximate surface area is 257 Å². The molecule has 0 aromatic heterocycles. The van der Waals surface area contributed by atoms with Gasteiger partial charge in [-0.25, -0.2) is 9.80 Å². The number of methoxy groups -OCH3 is 4. The van der Waals surface area contributed by atoms with Crippen molar-refractivity contribution in [3.63, 3.8) is 0 Å². The van der Waals surface area contributed by atoms with Crippen molar-refractivity contribution in [1.82, 2.24) is 5.01 Å². The Morgan fingerprint density at radius 2 is 1.52 bits per heavy atom. The van der Waals surface area contributed by atoms with Crippen molar-refractivity contribution in [1.29, 1.82) is 0 Å². The number of hydrazone groups is 1. The molecule has 0 radical (unpaired) electrons. The van der Waals surface area contributed by atoms with Gasteiger partial charge < -0.3 is 23.7 Å². The fraction of sp³-hybridized carbons (Fsp3) is 0.286. The zero-order chi connectivity index (χ0) is 31.1. The number of allylic oxidation sites excluding steroid dienone is 1. The van der Waals surface area contributed by atoms with Crippen LogP contribution in [0.2, 0.25) is 0 Å². The van der Waals surface area contributed by atoms with Gasteiger partial charge in [-0.05, 0) is 84.5 Å². The Morgan fingerprint density at radius 1 is 0.864 bits per heavy atom. The van der Waals surface area contributed by atoms with E-state index in [0.717, 1.165) is 53.2 Å². The third kappa shape index (κ3) is 6.78. The summed E-state index contributed by atoms with van der Waals surface area (Å²) in [4.78, 5) is 26.2. The van der Waals surface area contributed by atoms with Gasteiger partial charge in [-0.1, -0.05) is 24.3 Å². The van der Waals surface area contributed by atoms with E-state index in [1.807, 2.05) is 48.5 Å². The van der Waals surface area contributed by atoms with E-state index in [1.165, 1.54) is 18.2 Å². The van der Waals surface area contributed by atoms with E-state index in [1.54, 1.807) is 45.6 Å². The summed E-state index contributed by atoms with van der Waals surface area (Å²) in [6.07, 6.45) is 7.67. The number of hydrogen-bond acceptors (Lipinski definition) is 8. The lowest BCUT2D eigenvalue weighted by Crippen LogP contribution is -2.34. The molecule has 0 spiro atoms. The van der Waals surface area contributed by atoms with Crippen molar-refractivity contribution in [2.75, 3.05) is 35.0 Å². The largest absolute Gasteiger partial charge is 0.497 e. The lowest BCUT2D eigenvalue weighted by atomic mass is 9.77. The lowest BCUT2D eigenvalue weighted by Gasteiger charge is -2.29. The molecule has 0 saturated heterocycles. The molecule has 1 aliphatic heterocycles. The van der Waals surface area contributed by atoms with E-state index >= 15 is 0 Å². The van der Waals surface area contributed by atoms with Gasteiger partial charge in [0.05, 0.1) is 40.2 Å². The molecule has 2 unspecified atom stereocenters. The number of esters is 1. The highest BCUT2D eigenvalue weighted by Crippen LogP contribution is 2.44. The van der Waals surface area contributed by atoms with E-state index < -0.39 is 18.5 Å². The zero-order valence-corrected chi connectivity index (χ0v) is 25.3. The molecule has 9 nitrogen and oxygen atoms in total. The predicted molar refractivity (Wildman–Crippen MR) is 168 cm³/mol. The fourth-order valence-corrected chi connectivity index (χ4v) is 5.60. The maximum atomic E-state index is 13.6. The monoisotopic (exact) mass is 596 g/mol. The van der Waals surface area contributed by atoms with Crippen molar-refractivity contribution >= 4 is 29.7 Å². The van der Waals surface area contributed by atoms with Crippen LogP contribution >= 0.6 is 0 Å². The molecule has 0 N–H and O–H groups in total. The van der Waals surface area contributed by atoms with E-state index in [0.29, 0.717) is 17.1 Å². The second-order valence-corrected chi connectivity index (χ2v) is 10.4. The summed E-state index contributed by atoms with van der Waals surface area (Å²) >= 11 is 0. The molecule has 1 aliphatic carbocycles. The number of hydrogen-bond donors (Lipinski definition) is 0. The van der Waals surface area contributed by atoms with Gasteiger partial charge in [0.1, 0.15) is 23.0 Å². The summed E-state index contributed by atoms with van der Waals surface area (Å²) in [6.45, 7) is -0.448. The number of ether oxygens (including phenoxy) is 5. The molecular weight excluding hydrogens is 560 g/mol. The number of fused-ring (bicyclic) bond motifs is 1. The summed E-state index contributed by atoms with van der Waals surface area (Å²) in [5, 5.41) is 6.36. The Kier molecular flexibility index (Phi) is 9.64. The first-order chi connectivity index (χ1) is 21.4. The molecule has 1 saturated carbocycles. The van der Waals surface area contributed by atoms with Crippen LogP contribution in [0.5, 0.6) is 23.0 Å². The molecule has 44 heavy (non-hydrogen) atoms. The summed E-state index contributed by atoms with van der Waals surface area (Å²) in [6, 6.07) is 20.5. The van der Waals surface area contributed by atoms with Crippen LogP contribution in [0, 0.1) is 5.92 Å². The quantitative estimate of drug-likeness (QED) is 0.206. The van der Waals surface area contributed by atoms with Crippen LogP contribution < -0.4 is 18.9 Å². The average Bonchev–Trinajstić information content (AvgIpc) is 3.47. The second kappa shape index (κ2) is 13.9. The highest BCUT2D eigenvalue weighted by atomic mass is 16.5. The minimum Gasteiger partial charge on any atom is -0.497 e. The van der Waals surface area contributed by atoms with Gasteiger partial charge in [0.15, 0.2) is 6.61 Å². The molecule has 3 aromatic carbocycles. The third-order valence-corrected chi connectivity index (χ3v) is 7.85. The van der Waals surface area contributed by atoms with E-state index in [4.69, 9.17) is 28.8 Å². The average molecular weight is 597 g/mol. The first-order valence-electron chi connectivity index (χ1n) is 14.4. The molecular formula is C35H36N2O7. The lowest BCUT2D eigenvalue weighted by molar-refractivity contribution is -0.149. The van der Waals surface area contributed by atoms with Crippen molar-refractivity contribution < 1.29 is 33.3 Å². The minimum atomic E-state index is -0.651. The van der Waals surface area contributed by atoms with Crippen LogP contribution in [0.1, 0.15) is 42.0 Å². The molecule has 1 fully saturated rings. The Morgan fingerprint density at radius 3 is 2.18 bits per heavy atom. The highest BCUT2D eigenvalue weighted by molar-refractivity contribution is 6.08. The van der Waals surface area contributed by atoms with E-state index in [9.17, 15) is 9.59 Å². The normalized spacial score (nSPS) is 18.5. The number of benzene rings is 3. The molecule has 9 heteroatoms. The van der Waals surface area contributed by atoms with Gasteiger partial charge in [0.2, 0.25) is 0 Å². The second-order valence-electron chi connectivity index (χ2n) is 10.4. The molecule has 1 amide bonds. The molecule has 2 atom stereocenters. The molecule has 2 aliphatic rings. The zero-order valence-electron chi connectivity index (χ0n) is 25.3. The van der Waals surface area contributed by atoms with E-state index in [2.05, 4.69) is 6.08 Å². The third-order valence-electron chi connectivity index (χ3n) is 7.85. The van der Waals surface area contributed by atoms with Crippen molar-refractivity contribution in [2.24, 2.45) is 11.0 Å². The molecule has 3 aromatic rings. The summed E-state index contributed by atoms with van der Waals surface area (Å²) < 4.78 is 26.6. The van der Waals surface area contributed by atoms with Gasteiger partial charge in [0, 0.05) is 23.6 Å². The summed E-state index contributed by atoms with van der Waals surface area (Å²) in [5.74, 6) is 1.64. The molecule has 0 bridgehead atoms. The van der Waals surface area contributed by atoms with Crippen LogP contribution in [-0.4, -0.2) is 57.6 Å². The molecule has 1 heterocycles. The van der Waals surface area contributed by atoms with Crippen LogP contribution in [0.25, 0.3) is 12.2 Å². The maximum Gasteiger partial charge on any atom is 0.331 e. The standard InChI is InChI=1S/C35H36N2O7/c1-40-27-14-8-23(9-15-27)20-26-6-5-7-30-34(26)36-37(35(30)25-11-16-28(41-2)17-12-25)32(38)22-44-33(39)19-13-24-10-18-29(42-3)21-31(24)43-4/h8-21,30,35H,5-7,22H2,1-4H3/b19-13+,26-20-. The van der Waals surface area contributed by atoms with Gasteiger partial charge in [-0.2, -0.15) is 5.10 Å². The topological polar surface area (TPSA) is 95.9 Å². The number of carbonyl (C=O) groups is 2. The fourth-order valence-electron chi connectivity index (χ4n) is 5.60. The van der Waals surface area contributed by atoms with E-state index in [-0.39, 0.29) is 12.0 Å². The maximum absolute atomic E-state index is 13.6. The van der Waals surface area contributed by atoms with Crippen molar-refractivity contribution in [3.8, 4) is 23.0 Å². The molecule has 228 valence electrons. The molecule has 5 rings (SSSR count). The summed E-state index contributed by atoms with van der Waals surface area (Å²) in [5.41, 5.74) is 4.62. The number of nitrogens with zero attached hydrogens (tertiary/aromatic N) is 2. The minimum absolute atomic E-state index is 0.00345. The SMILES string of the molecule is COc1ccc(/C=C2/CCCC3C2=NN(C(=O)COC(=O)/C=C/c2ccc(OC)cc2OC)C3c2ccc(OC)cc2)cc1. The predicted octanol–water partition coefficient (Wildman–Crippen LogP) is 6.10. The van der Waals surface area contributed by atoms with Crippen LogP contribution in [-0.2, 0) is 14.3 Å². The number of carbonyl (C=O) groups excluding carboxylic acids is 2. The Hall–Kier alpha value is -5.05. The van der Waals surface area contributed by atoms with Crippen molar-refractivity contribution in [3.05, 3.63) is 95.1 Å². The van der Waals surface area contributed by atoms with Gasteiger partial charge >= 0.3 is 5.97 Å². The highest BCUT2D eigenvalue weighted by Gasteiger charge is 2.43. The summed E-state index contributed by atoms with van der Waals surface area (Å²) in [7, 11) is 6.36. The smallest absolute Gasteiger partial charge is 0.331 e. The van der Waals surface area contributed by atoms with Crippen LogP contribution in [0.15, 0.2) is 83.5 Å². The Bertz CT molecular complexity index is 1580. The number of rotatable bonds is 10. The first-order valence-corrected chi connectivity index (χ1v) is 14.4.